The third kappa shape index (κ3) is 5.31. The van der Waals surface area contributed by atoms with Gasteiger partial charge in [-0.15, -0.1) is 16.4 Å². The maximum absolute atomic E-state index is 12.7. The van der Waals surface area contributed by atoms with Gasteiger partial charge < -0.3 is 14.5 Å². The normalized spacial score (nSPS) is 13.7. The molecule has 34 heavy (non-hydrogen) atoms. The number of amides is 1. The molecule has 0 saturated carbocycles. The van der Waals surface area contributed by atoms with E-state index in [2.05, 4.69) is 15.5 Å². The maximum Gasteiger partial charge on any atom is 0.341 e. The molecule has 1 aromatic carbocycles. The molecule has 1 aliphatic carbocycles. The van der Waals surface area contributed by atoms with Gasteiger partial charge in [-0.05, 0) is 62.4 Å². The maximum atomic E-state index is 12.7. The van der Waals surface area contributed by atoms with E-state index >= 15 is 0 Å². The van der Waals surface area contributed by atoms with Gasteiger partial charge in [-0.2, -0.15) is 0 Å². The van der Waals surface area contributed by atoms with Crippen LogP contribution in [0.4, 0.5) is 5.00 Å². The van der Waals surface area contributed by atoms with Crippen LogP contribution in [-0.4, -0.2) is 42.9 Å². The van der Waals surface area contributed by atoms with Crippen molar-refractivity contribution >= 4 is 49.7 Å². The molecule has 12 heteroatoms. The summed E-state index contributed by atoms with van der Waals surface area (Å²) in [7, 11) is -4.22. The van der Waals surface area contributed by atoms with Crippen LogP contribution in [0, 0.1) is 0 Å². The molecule has 1 N–H and O–H groups in total. The number of fused-ring (bicyclic) bond motifs is 1. The summed E-state index contributed by atoms with van der Waals surface area (Å²) in [6.45, 7) is 1.90. The molecule has 0 aliphatic heterocycles. The zero-order chi connectivity index (χ0) is 24.3. The number of aryl methyl sites for hydroxylation is 1. The number of halogens is 1. The second kappa shape index (κ2) is 10.2. The molecular formula is C22H22ClN3O6S2. The fraction of sp³-hybridized carbons (Fsp3) is 0.364. The van der Waals surface area contributed by atoms with Crippen LogP contribution in [0.25, 0.3) is 11.5 Å². The summed E-state index contributed by atoms with van der Waals surface area (Å²) in [4.78, 5) is 26.3. The summed E-state index contributed by atoms with van der Waals surface area (Å²) in [6.07, 6.45) is 4.50. The van der Waals surface area contributed by atoms with E-state index in [-0.39, 0.29) is 12.5 Å². The van der Waals surface area contributed by atoms with Gasteiger partial charge in [0.1, 0.15) is 10.8 Å². The monoisotopic (exact) mass is 523 g/mol. The zero-order valence-corrected chi connectivity index (χ0v) is 20.7. The number of nitrogens with zero attached hydrogens (tertiary/aromatic N) is 2. The summed E-state index contributed by atoms with van der Waals surface area (Å²) < 4.78 is 35.9. The van der Waals surface area contributed by atoms with Crippen molar-refractivity contribution < 1.29 is 27.2 Å². The second-order valence-corrected chi connectivity index (χ2v) is 11.1. The summed E-state index contributed by atoms with van der Waals surface area (Å²) in [5.74, 6) is -2.26. The number of thiophene rings is 1. The number of anilines is 1. The number of sulfone groups is 1. The number of nitrogens with one attached hydrogen (secondary N) is 1. The van der Waals surface area contributed by atoms with Crippen LogP contribution in [0.2, 0.25) is 5.02 Å². The molecule has 0 atom stereocenters. The van der Waals surface area contributed by atoms with Crippen molar-refractivity contribution in [2.45, 2.75) is 44.3 Å². The van der Waals surface area contributed by atoms with Crippen molar-refractivity contribution in [2.75, 3.05) is 17.7 Å². The third-order valence-electron chi connectivity index (χ3n) is 5.24. The Bertz CT molecular complexity index is 1310. The molecule has 0 fully saturated rings. The number of hydrogen-bond donors (Lipinski definition) is 1. The first-order valence-electron chi connectivity index (χ1n) is 10.7. The Morgan fingerprint density at radius 1 is 1.15 bits per heavy atom. The van der Waals surface area contributed by atoms with Crippen molar-refractivity contribution in [1.29, 1.82) is 0 Å². The molecule has 2 heterocycles. The summed E-state index contributed by atoms with van der Waals surface area (Å²) >= 11 is 7.15. The van der Waals surface area contributed by atoms with Gasteiger partial charge in [0.15, 0.2) is 0 Å². The number of carbonyl (C=O) groups is 2. The number of carbonyl (C=O) groups excluding carboxylic acids is 2. The highest BCUT2D eigenvalue weighted by atomic mass is 35.5. The van der Waals surface area contributed by atoms with E-state index in [0.717, 1.165) is 36.1 Å². The molecule has 4 rings (SSSR count). The standard InChI is InChI=1S/C22H22ClN3O6S2/c1-2-31-21(28)18-15-6-4-3-5-7-16(15)33-20(18)24-17(27)12-34(29,30)22-26-25-19(32-22)13-8-10-14(23)11-9-13/h8-11H,2-7,12H2,1H3,(H,24,27). The Kier molecular flexibility index (Phi) is 7.34. The molecule has 0 spiro atoms. The first-order valence-corrected chi connectivity index (χ1v) is 13.6. The minimum absolute atomic E-state index is 0.0118. The van der Waals surface area contributed by atoms with Gasteiger partial charge >= 0.3 is 11.2 Å². The highest BCUT2D eigenvalue weighted by Crippen LogP contribution is 2.38. The highest BCUT2D eigenvalue weighted by Gasteiger charge is 2.30. The number of hydrogen-bond acceptors (Lipinski definition) is 9. The lowest BCUT2D eigenvalue weighted by Gasteiger charge is -2.08. The van der Waals surface area contributed by atoms with Crippen LogP contribution in [-0.2, 0) is 32.2 Å². The van der Waals surface area contributed by atoms with E-state index in [1.807, 2.05) is 0 Å². The van der Waals surface area contributed by atoms with Crippen LogP contribution >= 0.6 is 22.9 Å². The molecule has 1 aliphatic rings. The third-order valence-corrected chi connectivity index (χ3v) is 8.04. The number of esters is 1. The van der Waals surface area contributed by atoms with Crippen molar-refractivity contribution in [2.24, 2.45) is 0 Å². The average Bonchev–Trinajstić information content (AvgIpc) is 3.34. The average molecular weight is 524 g/mol. The van der Waals surface area contributed by atoms with Crippen LogP contribution in [0.3, 0.4) is 0 Å². The fourth-order valence-corrected chi connectivity index (χ4v) is 6.02. The predicted molar refractivity (Wildman–Crippen MR) is 127 cm³/mol. The zero-order valence-electron chi connectivity index (χ0n) is 18.3. The van der Waals surface area contributed by atoms with E-state index < -0.39 is 32.7 Å². The van der Waals surface area contributed by atoms with E-state index in [9.17, 15) is 18.0 Å². The largest absolute Gasteiger partial charge is 0.462 e. The minimum Gasteiger partial charge on any atom is -0.462 e. The molecular weight excluding hydrogens is 502 g/mol. The highest BCUT2D eigenvalue weighted by molar-refractivity contribution is 7.91. The van der Waals surface area contributed by atoms with Gasteiger partial charge in [0.2, 0.25) is 21.6 Å². The molecule has 3 aromatic rings. The van der Waals surface area contributed by atoms with E-state index in [1.165, 1.54) is 11.3 Å². The van der Waals surface area contributed by atoms with Crippen LogP contribution < -0.4 is 5.32 Å². The lowest BCUT2D eigenvalue weighted by atomic mass is 10.1. The second-order valence-electron chi connectivity index (χ2n) is 7.68. The van der Waals surface area contributed by atoms with Crippen LogP contribution in [0.1, 0.15) is 47.0 Å². The van der Waals surface area contributed by atoms with E-state index in [4.69, 9.17) is 20.8 Å². The molecule has 9 nitrogen and oxygen atoms in total. The SMILES string of the molecule is CCOC(=O)c1c(NC(=O)CS(=O)(=O)c2nnc(-c3ccc(Cl)cc3)o2)sc2c1CCCCC2. The van der Waals surface area contributed by atoms with Crippen molar-refractivity contribution in [1.82, 2.24) is 10.2 Å². The van der Waals surface area contributed by atoms with E-state index in [0.29, 0.717) is 27.6 Å². The Balaban J connectivity index is 1.53. The molecule has 2 aromatic heterocycles. The fourth-order valence-electron chi connectivity index (χ4n) is 3.69. The Morgan fingerprint density at radius 2 is 1.88 bits per heavy atom. The molecule has 0 radical (unpaired) electrons. The Morgan fingerprint density at radius 3 is 2.62 bits per heavy atom. The number of aromatic nitrogens is 2. The molecule has 1 amide bonds. The quantitative estimate of drug-likeness (QED) is 0.358. The summed E-state index contributed by atoms with van der Waals surface area (Å²) in [6, 6.07) is 6.42. The first-order chi connectivity index (χ1) is 16.3. The number of benzene rings is 1. The van der Waals surface area contributed by atoms with Crippen LogP contribution in [0.15, 0.2) is 33.9 Å². The summed E-state index contributed by atoms with van der Waals surface area (Å²) in [5, 5.41) is 10.1. The Hall–Kier alpha value is -2.76. The van der Waals surface area contributed by atoms with Gasteiger partial charge in [-0.1, -0.05) is 23.1 Å². The van der Waals surface area contributed by atoms with Gasteiger partial charge in [0.05, 0.1) is 12.2 Å². The molecule has 0 saturated heterocycles. The van der Waals surface area contributed by atoms with E-state index in [1.54, 1.807) is 31.2 Å². The topological polar surface area (TPSA) is 128 Å². The smallest absolute Gasteiger partial charge is 0.341 e. The lowest BCUT2D eigenvalue weighted by molar-refractivity contribution is -0.113. The van der Waals surface area contributed by atoms with Gasteiger partial charge in [0, 0.05) is 15.5 Å². The first kappa shape index (κ1) is 24.4. The predicted octanol–water partition coefficient (Wildman–Crippen LogP) is 4.31. The molecule has 0 unspecified atom stereocenters. The van der Waals surface area contributed by atoms with Gasteiger partial charge in [-0.25, -0.2) is 13.2 Å². The number of ether oxygens (including phenoxy) is 1. The van der Waals surface area contributed by atoms with Crippen molar-refractivity contribution in [3.05, 3.63) is 45.3 Å². The van der Waals surface area contributed by atoms with Crippen LogP contribution in [0.5, 0.6) is 0 Å². The Labute approximate surface area is 205 Å². The molecule has 0 bridgehead atoms. The number of rotatable bonds is 7. The minimum atomic E-state index is -4.22. The van der Waals surface area contributed by atoms with Gasteiger partial charge in [0.25, 0.3) is 0 Å². The summed E-state index contributed by atoms with van der Waals surface area (Å²) in [5.41, 5.74) is 1.68. The van der Waals surface area contributed by atoms with Gasteiger partial charge in [-0.3, -0.25) is 4.79 Å². The van der Waals surface area contributed by atoms with Crippen molar-refractivity contribution in [3.63, 3.8) is 0 Å². The van der Waals surface area contributed by atoms with Crippen molar-refractivity contribution in [3.8, 4) is 11.5 Å². The molecule has 180 valence electrons. The lowest BCUT2D eigenvalue weighted by Crippen LogP contribution is -2.24.